The third-order valence-electron chi connectivity index (χ3n) is 4.21. The molecule has 2 N–H and O–H groups in total. The number of halogens is 1. The zero-order chi connectivity index (χ0) is 16.5. The Bertz CT molecular complexity index is 902. The van der Waals surface area contributed by atoms with E-state index in [1.807, 2.05) is 6.20 Å². The van der Waals surface area contributed by atoms with Crippen LogP contribution in [0.2, 0.25) is 0 Å². The van der Waals surface area contributed by atoms with Crippen LogP contribution < -0.4 is 5.32 Å². The first-order valence-corrected chi connectivity index (χ1v) is 7.79. The SMILES string of the molecule is O=C(Nc1ccc(F)cc1)c1c[nH]c2c1-c1ncncc1CCC2. The lowest BCUT2D eigenvalue weighted by atomic mass is 10.0. The van der Waals surface area contributed by atoms with Gasteiger partial charge in [0.1, 0.15) is 12.1 Å². The third-order valence-corrected chi connectivity index (χ3v) is 4.21. The van der Waals surface area contributed by atoms with E-state index in [0.717, 1.165) is 41.8 Å². The van der Waals surface area contributed by atoms with E-state index in [9.17, 15) is 9.18 Å². The van der Waals surface area contributed by atoms with E-state index in [-0.39, 0.29) is 11.7 Å². The summed E-state index contributed by atoms with van der Waals surface area (Å²) in [4.78, 5) is 24.4. The Morgan fingerprint density at radius 2 is 2.04 bits per heavy atom. The highest BCUT2D eigenvalue weighted by atomic mass is 19.1. The van der Waals surface area contributed by atoms with Crippen molar-refractivity contribution >= 4 is 11.6 Å². The summed E-state index contributed by atoms with van der Waals surface area (Å²) in [6, 6.07) is 5.70. The largest absolute Gasteiger partial charge is 0.364 e. The van der Waals surface area contributed by atoms with Crippen LogP contribution in [0.5, 0.6) is 0 Å². The molecule has 24 heavy (non-hydrogen) atoms. The summed E-state index contributed by atoms with van der Waals surface area (Å²) in [5, 5.41) is 2.80. The number of H-pyrrole nitrogens is 1. The van der Waals surface area contributed by atoms with Crippen molar-refractivity contribution in [1.82, 2.24) is 15.0 Å². The van der Waals surface area contributed by atoms with Gasteiger partial charge in [-0.15, -0.1) is 0 Å². The second-order valence-electron chi connectivity index (χ2n) is 5.77. The Morgan fingerprint density at radius 3 is 2.88 bits per heavy atom. The number of hydrogen-bond donors (Lipinski definition) is 2. The number of rotatable bonds is 2. The number of carbonyl (C=O) groups is 1. The molecule has 0 bridgehead atoms. The van der Waals surface area contributed by atoms with Crippen LogP contribution in [-0.2, 0) is 12.8 Å². The van der Waals surface area contributed by atoms with Gasteiger partial charge in [0.2, 0.25) is 0 Å². The van der Waals surface area contributed by atoms with Crippen LogP contribution in [0, 0.1) is 5.82 Å². The molecule has 0 saturated carbocycles. The molecule has 0 spiro atoms. The monoisotopic (exact) mass is 322 g/mol. The van der Waals surface area contributed by atoms with Crippen LogP contribution in [0.4, 0.5) is 10.1 Å². The van der Waals surface area contributed by atoms with Gasteiger partial charge in [-0.2, -0.15) is 0 Å². The predicted octanol–water partition coefficient (Wildman–Crippen LogP) is 3.35. The number of amides is 1. The highest BCUT2D eigenvalue weighted by molar-refractivity contribution is 6.09. The van der Waals surface area contributed by atoms with Crippen molar-refractivity contribution in [2.75, 3.05) is 5.32 Å². The highest BCUT2D eigenvalue weighted by Gasteiger charge is 2.24. The lowest BCUT2D eigenvalue weighted by Gasteiger charge is -2.08. The number of fused-ring (bicyclic) bond motifs is 3. The minimum absolute atomic E-state index is 0.245. The van der Waals surface area contributed by atoms with Gasteiger partial charge in [-0.25, -0.2) is 14.4 Å². The van der Waals surface area contributed by atoms with Crippen molar-refractivity contribution in [1.29, 1.82) is 0 Å². The molecule has 120 valence electrons. The molecule has 6 heteroatoms. The minimum Gasteiger partial charge on any atom is -0.364 e. The van der Waals surface area contributed by atoms with Crippen molar-refractivity contribution in [3.8, 4) is 11.3 Å². The Morgan fingerprint density at radius 1 is 1.21 bits per heavy atom. The normalized spacial score (nSPS) is 12.9. The topological polar surface area (TPSA) is 70.7 Å². The van der Waals surface area contributed by atoms with Crippen LogP contribution in [0.25, 0.3) is 11.3 Å². The Kier molecular flexibility index (Phi) is 3.57. The molecule has 3 aromatic rings. The minimum atomic E-state index is -0.339. The molecule has 5 nitrogen and oxygen atoms in total. The van der Waals surface area contributed by atoms with Gasteiger partial charge in [0.05, 0.1) is 11.3 Å². The third kappa shape index (κ3) is 2.56. The fourth-order valence-corrected chi connectivity index (χ4v) is 3.07. The Labute approximate surface area is 138 Å². The van der Waals surface area contributed by atoms with Gasteiger partial charge in [-0.3, -0.25) is 4.79 Å². The summed E-state index contributed by atoms with van der Waals surface area (Å²) in [5.74, 6) is -0.584. The second-order valence-corrected chi connectivity index (χ2v) is 5.77. The molecule has 0 aliphatic heterocycles. The molecule has 4 rings (SSSR count). The number of nitrogens with one attached hydrogen (secondary N) is 2. The highest BCUT2D eigenvalue weighted by Crippen LogP contribution is 2.33. The maximum absolute atomic E-state index is 13.0. The molecule has 2 heterocycles. The molecular formula is C18H15FN4O. The van der Waals surface area contributed by atoms with Gasteiger partial charge in [-0.1, -0.05) is 0 Å². The summed E-state index contributed by atoms with van der Waals surface area (Å²) in [6.07, 6.45) is 7.75. The van der Waals surface area contributed by atoms with E-state index in [1.54, 1.807) is 6.20 Å². The molecule has 0 atom stereocenters. The van der Waals surface area contributed by atoms with Gasteiger partial charge < -0.3 is 10.3 Å². The quantitative estimate of drug-likeness (QED) is 0.760. The van der Waals surface area contributed by atoms with Gasteiger partial charge in [0, 0.05) is 29.3 Å². The molecule has 1 aliphatic carbocycles. The summed E-state index contributed by atoms with van der Waals surface area (Å²) < 4.78 is 13.0. The molecule has 1 amide bonds. The zero-order valence-electron chi connectivity index (χ0n) is 12.8. The van der Waals surface area contributed by atoms with E-state index < -0.39 is 0 Å². The van der Waals surface area contributed by atoms with E-state index in [4.69, 9.17) is 0 Å². The fourth-order valence-electron chi connectivity index (χ4n) is 3.07. The van der Waals surface area contributed by atoms with Gasteiger partial charge in [-0.05, 0) is 49.1 Å². The van der Waals surface area contributed by atoms with Crippen molar-refractivity contribution < 1.29 is 9.18 Å². The van der Waals surface area contributed by atoms with Crippen LogP contribution in [-0.4, -0.2) is 20.9 Å². The molecular weight excluding hydrogens is 307 g/mol. The first-order chi connectivity index (χ1) is 11.7. The number of nitrogens with zero attached hydrogens (tertiary/aromatic N) is 2. The molecule has 0 unspecified atom stereocenters. The number of aryl methyl sites for hydroxylation is 2. The van der Waals surface area contributed by atoms with Crippen LogP contribution in [0.1, 0.15) is 28.0 Å². The summed E-state index contributed by atoms with van der Waals surface area (Å²) in [6.45, 7) is 0. The maximum atomic E-state index is 13.0. The predicted molar refractivity (Wildman–Crippen MR) is 88.2 cm³/mol. The lowest BCUT2D eigenvalue weighted by Crippen LogP contribution is -2.12. The molecule has 1 aliphatic rings. The lowest BCUT2D eigenvalue weighted by molar-refractivity contribution is 0.102. The molecule has 0 saturated heterocycles. The second kappa shape index (κ2) is 5.88. The fraction of sp³-hybridized carbons (Fsp3) is 0.167. The summed E-state index contributed by atoms with van der Waals surface area (Å²) in [5.41, 5.74) is 4.79. The smallest absolute Gasteiger partial charge is 0.257 e. The number of hydrogen-bond acceptors (Lipinski definition) is 3. The molecule has 2 aromatic heterocycles. The van der Waals surface area contributed by atoms with Crippen LogP contribution in [0.15, 0.2) is 43.0 Å². The molecule has 1 aromatic carbocycles. The van der Waals surface area contributed by atoms with E-state index in [2.05, 4.69) is 20.3 Å². The standard InChI is InChI=1S/C18H15FN4O/c19-12-4-6-13(7-5-12)23-18(24)14-9-21-15-3-1-2-11-8-20-10-22-17(11)16(14)15/h4-10,21H,1-3H2,(H,23,24). The number of anilines is 1. The number of carbonyl (C=O) groups excluding carboxylic acids is 1. The first kappa shape index (κ1) is 14.6. The van der Waals surface area contributed by atoms with Crippen molar-refractivity contribution in [2.24, 2.45) is 0 Å². The van der Waals surface area contributed by atoms with Crippen LogP contribution >= 0.6 is 0 Å². The van der Waals surface area contributed by atoms with E-state index in [0.29, 0.717) is 11.3 Å². The summed E-state index contributed by atoms with van der Waals surface area (Å²) in [7, 11) is 0. The van der Waals surface area contributed by atoms with Crippen LogP contribution in [0.3, 0.4) is 0 Å². The Hall–Kier alpha value is -3.02. The van der Waals surface area contributed by atoms with Crippen molar-refractivity contribution in [3.05, 3.63) is 65.6 Å². The zero-order valence-corrected chi connectivity index (χ0v) is 12.8. The van der Waals surface area contributed by atoms with E-state index in [1.165, 1.54) is 30.6 Å². The number of benzene rings is 1. The van der Waals surface area contributed by atoms with Gasteiger partial charge in [0.25, 0.3) is 5.91 Å². The summed E-state index contributed by atoms with van der Waals surface area (Å²) >= 11 is 0. The van der Waals surface area contributed by atoms with E-state index >= 15 is 0 Å². The van der Waals surface area contributed by atoms with Gasteiger partial charge in [0.15, 0.2) is 0 Å². The van der Waals surface area contributed by atoms with Crippen molar-refractivity contribution in [2.45, 2.75) is 19.3 Å². The maximum Gasteiger partial charge on any atom is 0.257 e. The average molecular weight is 322 g/mol. The van der Waals surface area contributed by atoms with Gasteiger partial charge >= 0.3 is 0 Å². The number of aromatic nitrogens is 3. The number of aromatic amines is 1. The average Bonchev–Trinajstić information content (AvgIpc) is 2.93. The molecule has 0 fully saturated rings. The van der Waals surface area contributed by atoms with Crippen molar-refractivity contribution in [3.63, 3.8) is 0 Å². The first-order valence-electron chi connectivity index (χ1n) is 7.79. The Balaban J connectivity index is 1.73. The molecule has 0 radical (unpaired) electrons.